The van der Waals surface area contributed by atoms with E-state index in [1.54, 1.807) is 29.5 Å². The minimum atomic E-state index is -0.0932. The van der Waals surface area contributed by atoms with Crippen molar-refractivity contribution in [3.63, 3.8) is 0 Å². The summed E-state index contributed by atoms with van der Waals surface area (Å²) in [6, 6.07) is 11.4. The standard InChI is InChI=1S/C21H27N3O2S/c1-15-10-11-22-14-19(15)24-21(26)16-5-2-6-17(13-16)23-20(25)9-3-7-18-8-4-12-27-18/h2,4-6,8,12-13,15,19,22H,3,7,9-11,14H2,1H3,(H,23,25)(H,24,26). The number of amides is 2. The number of anilines is 1. The molecule has 27 heavy (non-hydrogen) atoms. The molecule has 2 unspecified atom stereocenters. The summed E-state index contributed by atoms with van der Waals surface area (Å²) in [5, 5.41) is 11.4. The average molecular weight is 386 g/mol. The van der Waals surface area contributed by atoms with Gasteiger partial charge in [0, 0.05) is 35.1 Å². The van der Waals surface area contributed by atoms with Crippen LogP contribution in [-0.2, 0) is 11.2 Å². The van der Waals surface area contributed by atoms with Crippen LogP contribution in [0.4, 0.5) is 5.69 Å². The highest BCUT2D eigenvalue weighted by molar-refractivity contribution is 7.09. The van der Waals surface area contributed by atoms with Crippen LogP contribution >= 0.6 is 11.3 Å². The molecule has 6 heteroatoms. The summed E-state index contributed by atoms with van der Waals surface area (Å²) in [5.74, 6) is 0.347. The van der Waals surface area contributed by atoms with Crippen LogP contribution in [0.2, 0.25) is 0 Å². The zero-order valence-electron chi connectivity index (χ0n) is 15.7. The molecule has 0 spiro atoms. The molecule has 5 nitrogen and oxygen atoms in total. The van der Waals surface area contributed by atoms with Gasteiger partial charge in [0.25, 0.3) is 5.91 Å². The van der Waals surface area contributed by atoms with Crippen molar-refractivity contribution < 1.29 is 9.59 Å². The molecule has 1 aliphatic heterocycles. The summed E-state index contributed by atoms with van der Waals surface area (Å²) in [6.45, 7) is 3.97. The molecule has 0 saturated carbocycles. The predicted octanol–water partition coefficient (Wildman–Crippen LogP) is 3.44. The van der Waals surface area contributed by atoms with Crippen molar-refractivity contribution in [2.75, 3.05) is 18.4 Å². The van der Waals surface area contributed by atoms with Gasteiger partial charge in [0.05, 0.1) is 0 Å². The zero-order valence-corrected chi connectivity index (χ0v) is 16.5. The lowest BCUT2D eigenvalue weighted by Crippen LogP contribution is -2.50. The fourth-order valence-corrected chi connectivity index (χ4v) is 4.03. The van der Waals surface area contributed by atoms with Crippen molar-refractivity contribution in [1.29, 1.82) is 0 Å². The molecule has 0 aliphatic carbocycles. The van der Waals surface area contributed by atoms with E-state index in [9.17, 15) is 9.59 Å². The summed E-state index contributed by atoms with van der Waals surface area (Å²) in [7, 11) is 0. The number of rotatable bonds is 7. The number of hydrogen-bond donors (Lipinski definition) is 3. The number of piperidine rings is 1. The van der Waals surface area contributed by atoms with E-state index < -0.39 is 0 Å². The van der Waals surface area contributed by atoms with Crippen molar-refractivity contribution in [1.82, 2.24) is 10.6 Å². The SMILES string of the molecule is CC1CCNCC1NC(=O)c1cccc(NC(=O)CCCc2cccs2)c1. The second-order valence-corrected chi connectivity index (χ2v) is 8.14. The van der Waals surface area contributed by atoms with E-state index in [2.05, 4.69) is 34.3 Å². The molecule has 2 amide bonds. The first-order valence-electron chi connectivity index (χ1n) is 9.55. The van der Waals surface area contributed by atoms with Crippen molar-refractivity contribution in [3.05, 3.63) is 52.2 Å². The molecular formula is C21H27N3O2S. The number of carbonyl (C=O) groups excluding carboxylic acids is 2. The molecule has 2 heterocycles. The van der Waals surface area contributed by atoms with Gasteiger partial charge in [-0.05, 0) is 61.4 Å². The highest BCUT2D eigenvalue weighted by atomic mass is 32.1. The molecule has 3 rings (SSSR count). The first kappa shape index (κ1) is 19.6. The van der Waals surface area contributed by atoms with Crippen molar-refractivity contribution >= 4 is 28.8 Å². The molecular weight excluding hydrogens is 358 g/mol. The van der Waals surface area contributed by atoms with Gasteiger partial charge >= 0.3 is 0 Å². The number of aryl methyl sites for hydroxylation is 1. The number of thiophene rings is 1. The Morgan fingerprint density at radius 3 is 2.93 bits per heavy atom. The summed E-state index contributed by atoms with van der Waals surface area (Å²) >= 11 is 1.72. The molecule has 1 aromatic carbocycles. The quantitative estimate of drug-likeness (QED) is 0.684. The van der Waals surface area contributed by atoms with Gasteiger partial charge in [-0.1, -0.05) is 19.1 Å². The van der Waals surface area contributed by atoms with Crippen LogP contribution in [-0.4, -0.2) is 30.9 Å². The number of hydrogen-bond acceptors (Lipinski definition) is 4. The maximum Gasteiger partial charge on any atom is 0.251 e. The Bertz CT molecular complexity index is 761. The monoisotopic (exact) mass is 385 g/mol. The van der Waals surface area contributed by atoms with E-state index in [-0.39, 0.29) is 17.9 Å². The van der Waals surface area contributed by atoms with E-state index in [1.807, 2.05) is 12.1 Å². The normalized spacial score (nSPS) is 19.4. The maximum absolute atomic E-state index is 12.5. The Balaban J connectivity index is 1.50. The highest BCUT2D eigenvalue weighted by Crippen LogP contribution is 2.16. The molecule has 2 atom stereocenters. The van der Waals surface area contributed by atoms with Gasteiger partial charge in [-0.2, -0.15) is 0 Å². The third-order valence-electron chi connectivity index (χ3n) is 4.96. The van der Waals surface area contributed by atoms with Crippen molar-refractivity contribution in [3.8, 4) is 0 Å². The second-order valence-electron chi connectivity index (χ2n) is 7.11. The van der Waals surface area contributed by atoms with Crippen LogP contribution in [0.1, 0.15) is 41.4 Å². The van der Waals surface area contributed by atoms with Crippen LogP contribution in [0, 0.1) is 5.92 Å². The number of carbonyl (C=O) groups is 2. The Morgan fingerprint density at radius 2 is 2.15 bits per heavy atom. The average Bonchev–Trinajstić information content (AvgIpc) is 3.17. The van der Waals surface area contributed by atoms with Gasteiger partial charge in [0.1, 0.15) is 0 Å². The molecule has 1 saturated heterocycles. The van der Waals surface area contributed by atoms with E-state index in [0.717, 1.165) is 32.4 Å². The van der Waals surface area contributed by atoms with E-state index in [1.165, 1.54) is 4.88 Å². The van der Waals surface area contributed by atoms with Crippen LogP contribution < -0.4 is 16.0 Å². The summed E-state index contributed by atoms with van der Waals surface area (Å²) in [4.78, 5) is 26.0. The zero-order chi connectivity index (χ0) is 19.1. The molecule has 1 fully saturated rings. The van der Waals surface area contributed by atoms with Crippen LogP contribution in [0.25, 0.3) is 0 Å². The smallest absolute Gasteiger partial charge is 0.251 e. The molecule has 2 aromatic rings. The van der Waals surface area contributed by atoms with E-state index in [4.69, 9.17) is 0 Å². The highest BCUT2D eigenvalue weighted by Gasteiger charge is 2.23. The number of nitrogens with one attached hydrogen (secondary N) is 3. The third kappa shape index (κ3) is 5.91. The Kier molecular flexibility index (Phi) is 7.01. The molecule has 1 aromatic heterocycles. The van der Waals surface area contributed by atoms with Gasteiger partial charge < -0.3 is 16.0 Å². The molecule has 144 valence electrons. The third-order valence-corrected chi connectivity index (χ3v) is 5.90. The minimum Gasteiger partial charge on any atom is -0.348 e. The Hall–Kier alpha value is -2.18. The first-order chi connectivity index (χ1) is 13.1. The van der Waals surface area contributed by atoms with Gasteiger partial charge in [-0.15, -0.1) is 11.3 Å². The fourth-order valence-electron chi connectivity index (χ4n) is 3.27. The Labute approximate surface area is 164 Å². The van der Waals surface area contributed by atoms with Crippen LogP contribution in [0.5, 0.6) is 0 Å². The van der Waals surface area contributed by atoms with Gasteiger partial charge in [0.2, 0.25) is 5.91 Å². The lowest BCUT2D eigenvalue weighted by molar-refractivity contribution is -0.116. The van der Waals surface area contributed by atoms with E-state index >= 15 is 0 Å². The lowest BCUT2D eigenvalue weighted by Gasteiger charge is -2.30. The largest absolute Gasteiger partial charge is 0.348 e. The van der Waals surface area contributed by atoms with Crippen LogP contribution in [0.3, 0.4) is 0 Å². The topological polar surface area (TPSA) is 70.2 Å². The molecule has 0 radical (unpaired) electrons. The van der Waals surface area contributed by atoms with E-state index in [0.29, 0.717) is 23.6 Å². The fraction of sp³-hybridized carbons (Fsp3) is 0.429. The molecule has 1 aliphatic rings. The lowest BCUT2D eigenvalue weighted by atomic mass is 9.94. The Morgan fingerprint density at radius 1 is 1.26 bits per heavy atom. The van der Waals surface area contributed by atoms with Crippen LogP contribution in [0.15, 0.2) is 41.8 Å². The van der Waals surface area contributed by atoms with Gasteiger partial charge in [-0.3, -0.25) is 9.59 Å². The molecule has 0 bridgehead atoms. The summed E-state index contributed by atoms with van der Waals surface area (Å²) in [6.07, 6.45) is 3.27. The number of benzene rings is 1. The second kappa shape index (κ2) is 9.67. The van der Waals surface area contributed by atoms with Crippen molar-refractivity contribution in [2.24, 2.45) is 5.92 Å². The van der Waals surface area contributed by atoms with Crippen molar-refractivity contribution in [2.45, 2.75) is 38.6 Å². The maximum atomic E-state index is 12.5. The predicted molar refractivity (Wildman–Crippen MR) is 110 cm³/mol. The van der Waals surface area contributed by atoms with Gasteiger partial charge in [0.15, 0.2) is 0 Å². The van der Waals surface area contributed by atoms with Gasteiger partial charge in [-0.25, -0.2) is 0 Å². The summed E-state index contributed by atoms with van der Waals surface area (Å²) < 4.78 is 0. The minimum absolute atomic E-state index is 0.0192. The first-order valence-corrected chi connectivity index (χ1v) is 10.4. The summed E-state index contributed by atoms with van der Waals surface area (Å²) in [5.41, 5.74) is 1.24. The molecule has 3 N–H and O–H groups in total.